The Kier molecular flexibility index (Phi) is 6.10. The molecule has 2 amide bonds. The highest BCUT2D eigenvalue weighted by molar-refractivity contribution is 6.04. The summed E-state index contributed by atoms with van der Waals surface area (Å²) in [5, 5.41) is 26.7. The molecule has 10 nitrogen and oxygen atoms in total. The van der Waals surface area contributed by atoms with Crippen molar-refractivity contribution in [3.05, 3.63) is 69.3 Å². The lowest BCUT2D eigenvalue weighted by atomic mass is 9.92. The predicted molar refractivity (Wildman–Crippen MR) is 110 cm³/mol. The number of phenols is 1. The Hall–Kier alpha value is -4.08. The van der Waals surface area contributed by atoms with Crippen molar-refractivity contribution < 1.29 is 29.1 Å². The second kappa shape index (κ2) is 8.74. The smallest absolute Gasteiger partial charge is 0.338 e. The molecule has 0 aliphatic carbocycles. The number of nitro benzene ring substituents is 1. The van der Waals surface area contributed by atoms with E-state index in [1.165, 1.54) is 13.2 Å². The summed E-state index contributed by atoms with van der Waals surface area (Å²) in [6, 6.07) is 9.38. The summed E-state index contributed by atoms with van der Waals surface area (Å²) in [5.41, 5.74) is 0.370. The van der Waals surface area contributed by atoms with Gasteiger partial charge in [-0.25, -0.2) is 9.59 Å². The molecular formula is C21H21N3O7. The molecule has 3 N–H and O–H groups in total. The zero-order chi connectivity index (χ0) is 22.7. The van der Waals surface area contributed by atoms with Crippen LogP contribution in [0.2, 0.25) is 0 Å². The molecule has 1 atom stereocenters. The van der Waals surface area contributed by atoms with Gasteiger partial charge in [-0.15, -0.1) is 0 Å². The van der Waals surface area contributed by atoms with Crippen LogP contribution in [0.1, 0.15) is 31.0 Å². The van der Waals surface area contributed by atoms with Gasteiger partial charge in [0.15, 0.2) is 5.75 Å². The van der Waals surface area contributed by atoms with Crippen molar-refractivity contribution in [1.82, 2.24) is 10.6 Å². The SMILES string of the molecule is COc1cc(C2NC(=O)NC(c3ccccc3)=C2C(=O)OC(C)C)cc([N+](=O)[O-])c1O. The van der Waals surface area contributed by atoms with Gasteiger partial charge in [-0.1, -0.05) is 30.3 Å². The third-order valence-corrected chi connectivity index (χ3v) is 4.52. The minimum Gasteiger partial charge on any atom is -0.500 e. The van der Waals surface area contributed by atoms with Crippen LogP contribution >= 0.6 is 0 Å². The first-order valence-electron chi connectivity index (χ1n) is 9.36. The van der Waals surface area contributed by atoms with E-state index in [-0.39, 0.29) is 22.6 Å². The molecule has 1 aliphatic rings. The van der Waals surface area contributed by atoms with E-state index in [1.54, 1.807) is 44.2 Å². The number of urea groups is 1. The van der Waals surface area contributed by atoms with Gasteiger partial charge >= 0.3 is 17.7 Å². The van der Waals surface area contributed by atoms with Crippen LogP contribution in [0.15, 0.2) is 48.0 Å². The number of benzene rings is 2. The number of nitro groups is 1. The molecule has 0 saturated heterocycles. The highest BCUT2D eigenvalue weighted by Crippen LogP contribution is 2.41. The molecule has 3 rings (SSSR count). The maximum atomic E-state index is 13.0. The first-order chi connectivity index (χ1) is 14.7. The third kappa shape index (κ3) is 4.42. The standard InChI is InChI=1S/C21H21N3O7/c1-11(2)31-20(26)16-17(12-7-5-4-6-8-12)22-21(27)23-18(16)13-9-14(24(28)29)19(25)15(10-13)30-3/h4-11,18,25H,1-3H3,(H2,22,23,27). The van der Waals surface area contributed by atoms with Crippen molar-refractivity contribution in [2.75, 3.05) is 7.11 Å². The van der Waals surface area contributed by atoms with E-state index in [1.807, 2.05) is 0 Å². The summed E-state index contributed by atoms with van der Waals surface area (Å²) in [7, 11) is 1.24. The van der Waals surface area contributed by atoms with Crippen molar-refractivity contribution in [1.29, 1.82) is 0 Å². The molecule has 2 aromatic carbocycles. The van der Waals surface area contributed by atoms with E-state index in [9.17, 15) is 24.8 Å². The van der Waals surface area contributed by atoms with Crippen molar-refractivity contribution in [2.24, 2.45) is 0 Å². The second-order valence-corrected chi connectivity index (χ2v) is 6.99. The van der Waals surface area contributed by atoms with E-state index in [0.29, 0.717) is 5.56 Å². The molecule has 0 saturated carbocycles. The van der Waals surface area contributed by atoms with Crippen LogP contribution in [0.3, 0.4) is 0 Å². The molecule has 1 aliphatic heterocycles. The molecule has 162 valence electrons. The average molecular weight is 427 g/mol. The van der Waals surface area contributed by atoms with Crippen LogP contribution in [0, 0.1) is 10.1 Å². The quantitative estimate of drug-likeness (QED) is 0.366. The lowest BCUT2D eigenvalue weighted by molar-refractivity contribution is -0.386. The molecule has 0 bridgehead atoms. The van der Waals surface area contributed by atoms with Gasteiger partial charge in [-0.3, -0.25) is 10.1 Å². The Labute approximate surface area is 177 Å². The van der Waals surface area contributed by atoms with Crippen LogP contribution in [0.25, 0.3) is 5.70 Å². The molecule has 1 heterocycles. The number of amides is 2. The fourth-order valence-electron chi connectivity index (χ4n) is 3.22. The van der Waals surface area contributed by atoms with Crippen molar-refractivity contribution in [3.63, 3.8) is 0 Å². The number of carbonyl (C=O) groups excluding carboxylic acids is 2. The second-order valence-electron chi connectivity index (χ2n) is 6.99. The van der Waals surface area contributed by atoms with E-state index in [0.717, 1.165) is 6.07 Å². The largest absolute Gasteiger partial charge is 0.500 e. The Morgan fingerprint density at radius 2 is 1.90 bits per heavy atom. The summed E-state index contributed by atoms with van der Waals surface area (Å²) in [5.74, 6) is -1.54. The lowest BCUT2D eigenvalue weighted by Gasteiger charge is -2.30. The number of carbonyl (C=O) groups is 2. The van der Waals surface area contributed by atoms with Gasteiger partial charge in [-0.2, -0.15) is 0 Å². The highest BCUT2D eigenvalue weighted by Gasteiger charge is 2.36. The highest BCUT2D eigenvalue weighted by atomic mass is 16.6. The van der Waals surface area contributed by atoms with Crippen molar-refractivity contribution >= 4 is 23.4 Å². The molecule has 1 unspecified atom stereocenters. The normalized spacial score (nSPS) is 15.9. The molecule has 0 aromatic heterocycles. The minimum atomic E-state index is -1.09. The van der Waals surface area contributed by atoms with Gasteiger partial charge in [0.1, 0.15) is 0 Å². The van der Waals surface area contributed by atoms with E-state index in [4.69, 9.17) is 9.47 Å². The number of rotatable bonds is 6. The number of aromatic hydroxyl groups is 1. The number of phenolic OH excluding ortho intramolecular Hbond substituents is 1. The van der Waals surface area contributed by atoms with Crippen molar-refractivity contribution in [2.45, 2.75) is 26.0 Å². The van der Waals surface area contributed by atoms with Gasteiger partial charge in [0, 0.05) is 6.07 Å². The number of nitrogens with one attached hydrogen (secondary N) is 2. The summed E-state index contributed by atoms with van der Waals surface area (Å²) < 4.78 is 10.4. The van der Waals surface area contributed by atoms with E-state index in [2.05, 4.69) is 10.6 Å². The zero-order valence-electron chi connectivity index (χ0n) is 17.0. The number of hydrogen-bond acceptors (Lipinski definition) is 7. The monoisotopic (exact) mass is 427 g/mol. The molecule has 0 radical (unpaired) electrons. The first-order valence-corrected chi connectivity index (χ1v) is 9.36. The van der Waals surface area contributed by atoms with E-state index >= 15 is 0 Å². The maximum Gasteiger partial charge on any atom is 0.338 e. The average Bonchev–Trinajstić information content (AvgIpc) is 2.73. The molecule has 2 aromatic rings. The Bertz CT molecular complexity index is 1060. The van der Waals surface area contributed by atoms with Gasteiger partial charge in [-0.05, 0) is 31.0 Å². The number of hydrogen-bond donors (Lipinski definition) is 3. The summed E-state index contributed by atoms with van der Waals surface area (Å²) >= 11 is 0. The zero-order valence-corrected chi connectivity index (χ0v) is 17.0. The topological polar surface area (TPSA) is 140 Å². The minimum absolute atomic E-state index is 0.0570. The van der Waals surface area contributed by atoms with Crippen LogP contribution in [-0.4, -0.2) is 35.2 Å². The molecule has 10 heteroatoms. The van der Waals surface area contributed by atoms with Gasteiger partial charge < -0.3 is 25.2 Å². The molecule has 0 fully saturated rings. The summed E-state index contributed by atoms with van der Waals surface area (Å²) in [6.07, 6.45) is -0.445. The predicted octanol–water partition coefficient (Wildman–Crippen LogP) is 3.03. The lowest BCUT2D eigenvalue weighted by Crippen LogP contribution is -2.45. The van der Waals surface area contributed by atoms with Crippen LogP contribution in [-0.2, 0) is 9.53 Å². The fraction of sp³-hybridized carbons (Fsp3) is 0.238. The summed E-state index contributed by atoms with van der Waals surface area (Å²) in [4.78, 5) is 36.1. The van der Waals surface area contributed by atoms with Gasteiger partial charge in [0.25, 0.3) is 0 Å². The molecule has 31 heavy (non-hydrogen) atoms. The van der Waals surface area contributed by atoms with E-state index < -0.39 is 40.5 Å². The number of ether oxygens (including phenoxy) is 2. The first kappa shape index (κ1) is 21.6. The number of methoxy groups -OCH3 is 1. The third-order valence-electron chi connectivity index (χ3n) is 4.52. The van der Waals surface area contributed by atoms with Crippen LogP contribution in [0.4, 0.5) is 10.5 Å². The molecular weight excluding hydrogens is 406 g/mol. The van der Waals surface area contributed by atoms with Gasteiger partial charge in [0.2, 0.25) is 5.75 Å². The van der Waals surface area contributed by atoms with Crippen LogP contribution in [0.5, 0.6) is 11.5 Å². The van der Waals surface area contributed by atoms with Crippen LogP contribution < -0.4 is 15.4 Å². The number of nitrogens with zero attached hydrogens (tertiary/aromatic N) is 1. The Morgan fingerprint density at radius 3 is 2.48 bits per heavy atom. The van der Waals surface area contributed by atoms with Gasteiger partial charge in [0.05, 0.1) is 35.4 Å². The number of esters is 1. The fourth-order valence-corrected chi connectivity index (χ4v) is 3.22. The molecule has 0 spiro atoms. The Morgan fingerprint density at radius 1 is 1.23 bits per heavy atom. The Balaban J connectivity index is 2.26. The van der Waals surface area contributed by atoms with Crippen molar-refractivity contribution in [3.8, 4) is 11.5 Å². The summed E-state index contributed by atoms with van der Waals surface area (Å²) in [6.45, 7) is 3.36. The maximum absolute atomic E-state index is 13.0.